The van der Waals surface area contributed by atoms with Crippen LogP contribution in [0.3, 0.4) is 0 Å². The second kappa shape index (κ2) is 13.9. The molecule has 0 spiro atoms. The number of nitrogens with zero attached hydrogens (tertiary/aromatic N) is 3. The number of piperidine rings is 1. The zero-order valence-electron chi connectivity index (χ0n) is 22.1. The summed E-state index contributed by atoms with van der Waals surface area (Å²) in [5.41, 5.74) is 5.57. The third kappa shape index (κ3) is 7.42. The van der Waals surface area contributed by atoms with Gasteiger partial charge in [-0.05, 0) is 72.8 Å². The summed E-state index contributed by atoms with van der Waals surface area (Å²) in [6.45, 7) is 9.88. The second-order valence-electron chi connectivity index (χ2n) is 8.73. The van der Waals surface area contributed by atoms with Crippen LogP contribution in [0.4, 0.5) is 0 Å². The van der Waals surface area contributed by atoms with Gasteiger partial charge in [-0.25, -0.2) is 4.63 Å². The minimum Gasteiger partial charge on any atom is -0.385 e. The van der Waals surface area contributed by atoms with E-state index in [9.17, 15) is 5.11 Å². The van der Waals surface area contributed by atoms with E-state index in [2.05, 4.69) is 65.7 Å². The Kier molecular flexibility index (Phi) is 10.7. The molecule has 37 heavy (non-hydrogen) atoms. The first-order valence-electron chi connectivity index (χ1n) is 12.7. The Balaban J connectivity index is 0.000000150. The summed E-state index contributed by atoms with van der Waals surface area (Å²) < 4.78 is 4.61. The van der Waals surface area contributed by atoms with Crippen LogP contribution in [0.1, 0.15) is 43.4 Å². The Morgan fingerprint density at radius 2 is 1.43 bits per heavy atom. The summed E-state index contributed by atoms with van der Waals surface area (Å²) in [6.07, 6.45) is 3.46. The average molecular weight is 517 g/mol. The minimum atomic E-state index is -0.591. The molecule has 6 nitrogen and oxygen atoms in total. The van der Waals surface area contributed by atoms with Gasteiger partial charge in [0.2, 0.25) is 0 Å². The van der Waals surface area contributed by atoms with Crippen molar-refractivity contribution in [3.05, 3.63) is 95.7 Å². The summed E-state index contributed by atoms with van der Waals surface area (Å²) in [4.78, 5) is 4.28. The first-order valence-corrected chi connectivity index (χ1v) is 13.3. The zero-order valence-corrected chi connectivity index (χ0v) is 23.3. The number of fused-ring (bicyclic) bond motifs is 2. The van der Waals surface area contributed by atoms with Crippen molar-refractivity contribution in [1.82, 2.24) is 20.6 Å². The Labute approximate surface area is 221 Å². The molecular formula is C30H37N4O2P. The molecule has 1 saturated heterocycles. The largest absolute Gasteiger partial charge is 0.385 e. The fourth-order valence-corrected chi connectivity index (χ4v) is 4.43. The van der Waals surface area contributed by atoms with E-state index in [1.807, 2.05) is 75.5 Å². The molecule has 2 aromatic heterocycles. The monoisotopic (exact) mass is 516 g/mol. The minimum absolute atomic E-state index is 0.591. The van der Waals surface area contributed by atoms with E-state index >= 15 is 0 Å². The van der Waals surface area contributed by atoms with Gasteiger partial charge in [0.15, 0.2) is 0 Å². The molecule has 0 amide bonds. The highest BCUT2D eigenvalue weighted by Gasteiger charge is 2.30. The highest BCUT2D eigenvalue weighted by molar-refractivity contribution is 7.28. The molecule has 0 bridgehead atoms. The molecule has 194 valence electrons. The quantitative estimate of drug-likeness (QED) is 0.272. The number of aromatic nitrogens is 3. The number of benzene rings is 3. The maximum Gasteiger partial charge on any atom is 0.142 e. The van der Waals surface area contributed by atoms with Gasteiger partial charge in [0, 0.05) is 16.9 Å². The van der Waals surface area contributed by atoms with Gasteiger partial charge in [0.05, 0.1) is 11.1 Å². The lowest BCUT2D eigenvalue weighted by Crippen LogP contribution is -2.39. The van der Waals surface area contributed by atoms with Gasteiger partial charge in [-0.15, -0.1) is 9.24 Å². The number of rotatable bonds is 1. The summed E-state index contributed by atoms with van der Waals surface area (Å²) in [5.74, 6) is 0. The molecule has 3 aromatic carbocycles. The lowest BCUT2D eigenvalue weighted by molar-refractivity contribution is 0.00594. The smallest absolute Gasteiger partial charge is 0.142 e. The number of pyridine rings is 1. The molecule has 3 heterocycles. The number of hydrogen-bond donors (Lipinski definition) is 2. The van der Waals surface area contributed by atoms with E-state index < -0.39 is 5.60 Å². The van der Waals surface area contributed by atoms with Crippen molar-refractivity contribution in [3.8, 4) is 0 Å². The highest BCUT2D eigenvalue weighted by atomic mass is 31.0. The third-order valence-corrected chi connectivity index (χ3v) is 6.69. The van der Waals surface area contributed by atoms with Crippen molar-refractivity contribution in [3.63, 3.8) is 0 Å². The molecule has 1 aliphatic heterocycles. The third-order valence-electron chi connectivity index (χ3n) is 6.22. The zero-order chi connectivity index (χ0) is 26.7. The van der Waals surface area contributed by atoms with Crippen molar-refractivity contribution in [2.24, 2.45) is 0 Å². The molecule has 1 unspecified atom stereocenters. The Morgan fingerprint density at radius 1 is 0.784 bits per heavy atom. The lowest BCUT2D eigenvalue weighted by atomic mass is 9.85. The maximum absolute atomic E-state index is 10.3. The summed E-state index contributed by atoms with van der Waals surface area (Å²) in [6, 6.07) is 24.2. The number of hydrogen-bond acceptors (Lipinski definition) is 6. The molecule has 0 aliphatic carbocycles. The summed E-state index contributed by atoms with van der Waals surface area (Å²) in [7, 11) is 2.59. The molecule has 1 atom stereocenters. The van der Waals surface area contributed by atoms with E-state index in [1.54, 1.807) is 0 Å². The molecular weight excluding hydrogens is 479 g/mol. The van der Waals surface area contributed by atoms with E-state index in [1.165, 1.54) is 10.9 Å². The number of nitrogens with one attached hydrogen (secondary N) is 1. The van der Waals surface area contributed by atoms with Crippen LogP contribution in [-0.2, 0) is 5.60 Å². The molecule has 5 aromatic rings. The number of aliphatic hydroxyl groups is 1. The first kappa shape index (κ1) is 28.4. The predicted molar refractivity (Wildman–Crippen MR) is 156 cm³/mol. The van der Waals surface area contributed by atoms with Crippen molar-refractivity contribution >= 4 is 36.5 Å². The van der Waals surface area contributed by atoms with Crippen LogP contribution in [0, 0.1) is 13.8 Å². The van der Waals surface area contributed by atoms with Crippen molar-refractivity contribution < 1.29 is 9.74 Å². The van der Waals surface area contributed by atoms with E-state index in [0.717, 1.165) is 58.9 Å². The van der Waals surface area contributed by atoms with Gasteiger partial charge in [0.1, 0.15) is 11.0 Å². The van der Waals surface area contributed by atoms with Crippen LogP contribution in [0.15, 0.2) is 83.6 Å². The van der Waals surface area contributed by atoms with Crippen LogP contribution in [-0.4, -0.2) is 33.5 Å². The van der Waals surface area contributed by atoms with E-state index in [-0.39, 0.29) is 0 Å². The van der Waals surface area contributed by atoms with Crippen molar-refractivity contribution in [2.75, 3.05) is 13.1 Å². The Morgan fingerprint density at radius 3 is 2.11 bits per heavy atom. The predicted octanol–water partition coefficient (Wildman–Crippen LogP) is 5.86. The van der Waals surface area contributed by atoms with Gasteiger partial charge >= 0.3 is 0 Å². The van der Waals surface area contributed by atoms with E-state index in [4.69, 9.17) is 0 Å². The molecule has 6 rings (SSSR count). The van der Waals surface area contributed by atoms with Crippen LogP contribution < -0.4 is 10.6 Å². The Bertz CT molecular complexity index is 1340. The van der Waals surface area contributed by atoms with Crippen molar-refractivity contribution in [1.29, 1.82) is 0 Å². The standard InChI is InChI=1S/C11H15NO.C10H9N.C7H7N2OP.C2H6/c13-11(6-8-12-9-7-11)10-4-2-1-3-5-10;1-8-4-2-5-9-6-3-7-11-10(8)9;1-4-2-3-5(11)7-6(4)8-10-9-7;1-2/h1-5,12-13H,6-9H2;2-7H,1H3;2-3H,11H2,1H3;1-2H3. The van der Waals surface area contributed by atoms with Gasteiger partial charge in [-0.3, -0.25) is 4.98 Å². The summed E-state index contributed by atoms with van der Waals surface area (Å²) in [5, 5.41) is 23.3. The van der Waals surface area contributed by atoms with Crippen LogP contribution in [0.2, 0.25) is 0 Å². The molecule has 0 saturated carbocycles. The fraction of sp³-hybridized carbons (Fsp3) is 0.300. The van der Waals surface area contributed by atoms with Gasteiger partial charge in [-0.2, -0.15) is 0 Å². The fourth-order valence-electron chi connectivity index (χ4n) is 4.14. The van der Waals surface area contributed by atoms with E-state index in [0.29, 0.717) is 0 Å². The Hall–Kier alpha value is -3.18. The first-order chi connectivity index (χ1) is 18.0. The second-order valence-corrected chi connectivity index (χ2v) is 9.35. The van der Waals surface area contributed by atoms with Gasteiger partial charge < -0.3 is 10.4 Å². The lowest BCUT2D eigenvalue weighted by Gasteiger charge is -2.32. The molecule has 7 heteroatoms. The summed E-state index contributed by atoms with van der Waals surface area (Å²) >= 11 is 0. The maximum atomic E-state index is 10.3. The highest BCUT2D eigenvalue weighted by Crippen LogP contribution is 2.29. The normalized spacial score (nSPS) is 13.9. The topological polar surface area (TPSA) is 84.1 Å². The average Bonchev–Trinajstić information content (AvgIpc) is 3.46. The van der Waals surface area contributed by atoms with Gasteiger partial charge in [0.25, 0.3) is 0 Å². The van der Waals surface area contributed by atoms with Crippen LogP contribution >= 0.6 is 9.24 Å². The molecule has 1 fully saturated rings. The number of para-hydroxylation sites is 1. The SMILES string of the molecule is CC.Cc1ccc(P)c2nonc12.Cc1cccc2cccnc12.OC1(c2ccccc2)CCNCC1. The van der Waals surface area contributed by atoms with Gasteiger partial charge in [-0.1, -0.05) is 80.6 Å². The molecule has 1 aliphatic rings. The molecule has 0 radical (unpaired) electrons. The number of aryl methyl sites for hydroxylation is 2. The van der Waals surface area contributed by atoms with Crippen LogP contribution in [0.5, 0.6) is 0 Å². The molecule has 2 N–H and O–H groups in total. The van der Waals surface area contributed by atoms with Crippen LogP contribution in [0.25, 0.3) is 21.9 Å². The van der Waals surface area contributed by atoms with Crippen molar-refractivity contribution in [2.45, 2.75) is 46.1 Å².